The molecule has 2 aromatic rings. The van der Waals surface area contributed by atoms with E-state index in [-0.39, 0.29) is 13.0 Å². The number of likely N-dealkylation sites (N-methyl/N-ethyl adjacent to an activating group) is 1. The number of hydrogen-bond donors (Lipinski definition) is 1. The average Bonchev–Trinajstić information content (AvgIpc) is 3.37. The predicted octanol–water partition coefficient (Wildman–Crippen LogP) is 3.44. The number of rotatable bonds is 3. The Bertz CT molecular complexity index is 963. The van der Waals surface area contributed by atoms with E-state index in [1.54, 1.807) is 18.4 Å². The highest BCUT2D eigenvalue weighted by Gasteiger charge is 2.35. The third-order valence-corrected chi connectivity index (χ3v) is 6.92. The molecule has 0 unspecified atom stereocenters. The fraction of sp³-hybridized carbons (Fsp3) is 0.450. The fourth-order valence-electron chi connectivity index (χ4n) is 4.36. The van der Waals surface area contributed by atoms with Gasteiger partial charge in [-0.25, -0.2) is 0 Å². The molecule has 3 heterocycles. The Morgan fingerprint density at radius 3 is 3.04 bits per heavy atom. The first-order chi connectivity index (χ1) is 13.2. The fourth-order valence-corrected chi connectivity index (χ4v) is 5.63. The van der Waals surface area contributed by atoms with Crippen molar-refractivity contribution in [3.05, 3.63) is 33.2 Å². The molecule has 2 aliphatic heterocycles. The smallest absolute Gasteiger partial charge is 0.231 e. The second-order valence-corrected chi connectivity index (χ2v) is 8.27. The van der Waals surface area contributed by atoms with Crippen molar-refractivity contribution in [2.24, 2.45) is 0 Å². The molecule has 1 atom stereocenters. The van der Waals surface area contributed by atoms with Gasteiger partial charge in [0.1, 0.15) is 17.2 Å². The average molecular weight is 383 g/mol. The molecule has 1 aromatic carbocycles. The molecule has 0 fully saturated rings. The van der Waals surface area contributed by atoms with Gasteiger partial charge in [-0.15, -0.1) is 11.3 Å². The highest BCUT2D eigenvalue weighted by atomic mass is 32.1. The van der Waals surface area contributed by atoms with E-state index in [4.69, 9.17) is 14.2 Å². The summed E-state index contributed by atoms with van der Waals surface area (Å²) in [5, 5.41) is 14.3. The number of methoxy groups -OCH3 is 1. The standard InChI is InChI=1S/C20H21N3O3S/c1-23-7-6-11-8-14-17(26-10-25-14)18(24-2)16(11)19(23)22-20-13(9-21)12-4-3-5-15(12)27-20/h8,19,22H,3-7,10H2,1-2H3/t19-/m0/s1. The maximum absolute atomic E-state index is 9.73. The van der Waals surface area contributed by atoms with Gasteiger partial charge in [-0.1, -0.05) is 0 Å². The van der Waals surface area contributed by atoms with Crippen LogP contribution in [0.25, 0.3) is 0 Å². The van der Waals surface area contributed by atoms with Crippen molar-refractivity contribution < 1.29 is 14.2 Å². The summed E-state index contributed by atoms with van der Waals surface area (Å²) in [6.07, 6.45) is 4.08. The van der Waals surface area contributed by atoms with E-state index in [9.17, 15) is 5.26 Å². The van der Waals surface area contributed by atoms with Crippen molar-refractivity contribution >= 4 is 16.3 Å². The first kappa shape index (κ1) is 16.7. The minimum Gasteiger partial charge on any atom is -0.492 e. The normalized spacial score (nSPS) is 20.1. The zero-order chi connectivity index (χ0) is 18.5. The van der Waals surface area contributed by atoms with Crippen LogP contribution in [-0.4, -0.2) is 32.4 Å². The second-order valence-electron chi connectivity index (χ2n) is 7.17. The summed E-state index contributed by atoms with van der Waals surface area (Å²) in [6, 6.07) is 4.50. The quantitative estimate of drug-likeness (QED) is 0.876. The van der Waals surface area contributed by atoms with Crippen LogP contribution in [0.4, 0.5) is 5.00 Å². The van der Waals surface area contributed by atoms with Gasteiger partial charge in [-0.05, 0) is 49.9 Å². The van der Waals surface area contributed by atoms with E-state index in [2.05, 4.69) is 29.4 Å². The van der Waals surface area contributed by atoms with Crippen LogP contribution in [0.5, 0.6) is 17.2 Å². The van der Waals surface area contributed by atoms with Crippen molar-refractivity contribution in [2.75, 3.05) is 32.8 Å². The third-order valence-electron chi connectivity index (χ3n) is 5.70. The molecule has 1 aromatic heterocycles. The van der Waals surface area contributed by atoms with Crippen LogP contribution in [0.1, 0.15) is 39.7 Å². The molecule has 1 aliphatic carbocycles. The van der Waals surface area contributed by atoms with E-state index in [0.717, 1.165) is 59.9 Å². The highest BCUT2D eigenvalue weighted by Crippen LogP contribution is 2.50. The van der Waals surface area contributed by atoms with Gasteiger partial charge < -0.3 is 19.5 Å². The predicted molar refractivity (Wildman–Crippen MR) is 103 cm³/mol. The maximum Gasteiger partial charge on any atom is 0.231 e. The van der Waals surface area contributed by atoms with Crippen molar-refractivity contribution in [3.63, 3.8) is 0 Å². The van der Waals surface area contributed by atoms with Gasteiger partial charge in [-0.3, -0.25) is 4.90 Å². The van der Waals surface area contributed by atoms with Gasteiger partial charge in [-0.2, -0.15) is 5.26 Å². The molecule has 6 nitrogen and oxygen atoms in total. The molecule has 0 saturated heterocycles. The van der Waals surface area contributed by atoms with Crippen LogP contribution in [0, 0.1) is 11.3 Å². The lowest BCUT2D eigenvalue weighted by atomic mass is 9.95. The van der Waals surface area contributed by atoms with Crippen LogP contribution in [0.3, 0.4) is 0 Å². The second kappa shape index (κ2) is 6.32. The summed E-state index contributed by atoms with van der Waals surface area (Å²) in [5.74, 6) is 2.15. The van der Waals surface area contributed by atoms with Gasteiger partial charge in [0.15, 0.2) is 11.5 Å². The monoisotopic (exact) mass is 383 g/mol. The lowest BCUT2D eigenvalue weighted by Crippen LogP contribution is -2.37. The summed E-state index contributed by atoms with van der Waals surface area (Å²) in [7, 11) is 3.77. The Labute approximate surface area is 162 Å². The number of nitriles is 1. The number of thiophene rings is 1. The van der Waals surface area contributed by atoms with Crippen molar-refractivity contribution in [1.82, 2.24) is 4.90 Å². The lowest BCUT2D eigenvalue weighted by molar-refractivity contribution is 0.170. The Balaban J connectivity index is 1.60. The molecule has 3 aliphatic rings. The summed E-state index contributed by atoms with van der Waals surface area (Å²) in [6.45, 7) is 1.14. The zero-order valence-corrected chi connectivity index (χ0v) is 16.2. The molecule has 0 radical (unpaired) electrons. The number of fused-ring (bicyclic) bond motifs is 3. The Kier molecular flexibility index (Phi) is 3.92. The number of ether oxygens (including phenoxy) is 3. The van der Waals surface area contributed by atoms with Crippen LogP contribution < -0.4 is 19.5 Å². The van der Waals surface area contributed by atoms with E-state index in [1.807, 2.05) is 0 Å². The Morgan fingerprint density at radius 1 is 1.33 bits per heavy atom. The molecule has 7 heteroatoms. The zero-order valence-electron chi connectivity index (χ0n) is 15.4. The SMILES string of the molecule is COc1c2c(cc3c1[C@@H](Nc1sc4c(c1C#N)CCC4)N(C)CC3)OCO2. The summed E-state index contributed by atoms with van der Waals surface area (Å²) >= 11 is 1.73. The van der Waals surface area contributed by atoms with Crippen LogP contribution >= 0.6 is 11.3 Å². The summed E-state index contributed by atoms with van der Waals surface area (Å²) in [5.41, 5.74) is 4.33. The highest BCUT2D eigenvalue weighted by molar-refractivity contribution is 7.16. The molecular weight excluding hydrogens is 362 g/mol. The van der Waals surface area contributed by atoms with Crippen LogP contribution in [-0.2, 0) is 19.3 Å². The van der Waals surface area contributed by atoms with Gasteiger partial charge in [0.25, 0.3) is 0 Å². The van der Waals surface area contributed by atoms with Gasteiger partial charge >= 0.3 is 0 Å². The topological polar surface area (TPSA) is 66.8 Å². The number of aryl methyl sites for hydroxylation is 1. The van der Waals surface area contributed by atoms with Crippen molar-refractivity contribution in [1.29, 1.82) is 5.26 Å². The molecule has 0 spiro atoms. The maximum atomic E-state index is 9.73. The minimum atomic E-state index is -0.0796. The van der Waals surface area contributed by atoms with E-state index in [1.165, 1.54) is 16.0 Å². The number of benzene rings is 1. The van der Waals surface area contributed by atoms with Gasteiger partial charge in [0.05, 0.1) is 12.7 Å². The number of hydrogen-bond acceptors (Lipinski definition) is 7. The molecular formula is C20H21N3O3S. The number of nitrogens with zero attached hydrogens (tertiary/aromatic N) is 2. The van der Waals surface area contributed by atoms with Crippen LogP contribution in [0.2, 0.25) is 0 Å². The molecule has 0 saturated carbocycles. The van der Waals surface area contributed by atoms with E-state index < -0.39 is 0 Å². The molecule has 0 bridgehead atoms. The van der Waals surface area contributed by atoms with Crippen LogP contribution in [0.15, 0.2) is 6.07 Å². The molecule has 5 rings (SSSR count). The Morgan fingerprint density at radius 2 is 2.22 bits per heavy atom. The summed E-state index contributed by atoms with van der Waals surface area (Å²) < 4.78 is 17.0. The van der Waals surface area contributed by atoms with Crippen molar-refractivity contribution in [3.8, 4) is 23.3 Å². The molecule has 27 heavy (non-hydrogen) atoms. The third kappa shape index (κ3) is 2.47. The van der Waals surface area contributed by atoms with Gasteiger partial charge in [0.2, 0.25) is 12.5 Å². The first-order valence-corrected chi connectivity index (χ1v) is 10.0. The molecule has 1 N–H and O–H groups in total. The minimum absolute atomic E-state index is 0.0796. The number of anilines is 1. The number of nitrogens with one attached hydrogen (secondary N) is 1. The van der Waals surface area contributed by atoms with Gasteiger partial charge in [0, 0.05) is 17.0 Å². The first-order valence-electron chi connectivity index (χ1n) is 9.22. The largest absolute Gasteiger partial charge is 0.492 e. The van der Waals surface area contributed by atoms with E-state index >= 15 is 0 Å². The summed E-state index contributed by atoms with van der Waals surface area (Å²) in [4.78, 5) is 3.62. The van der Waals surface area contributed by atoms with E-state index in [0.29, 0.717) is 5.75 Å². The Hall–Kier alpha value is -2.43. The molecule has 140 valence electrons. The van der Waals surface area contributed by atoms with Crippen molar-refractivity contribution in [2.45, 2.75) is 31.8 Å². The lowest BCUT2D eigenvalue weighted by Gasteiger charge is -2.36. The molecule has 0 amide bonds.